The molecule has 0 saturated heterocycles. The molecule has 0 saturated carbocycles. The molecule has 19 heavy (non-hydrogen) atoms. The molecule has 1 aromatic carbocycles. The number of hydrogen-bond acceptors (Lipinski definition) is 3. The third kappa shape index (κ3) is 6.95. The summed E-state index contributed by atoms with van der Waals surface area (Å²) in [5.74, 6) is 0.885. The molecular weight excluding hydrogens is 306 g/mol. The second kappa shape index (κ2) is 10.2. The second-order valence-electron chi connectivity index (χ2n) is 4.52. The summed E-state index contributed by atoms with van der Waals surface area (Å²) in [5.41, 5.74) is 1.36. The molecule has 0 bridgehead atoms. The predicted octanol–water partition coefficient (Wildman–Crippen LogP) is 3.41. The van der Waals surface area contributed by atoms with Crippen LogP contribution in [0.3, 0.4) is 0 Å². The lowest BCUT2D eigenvalue weighted by Gasteiger charge is -2.09. The molecule has 0 aliphatic carbocycles. The van der Waals surface area contributed by atoms with Crippen LogP contribution in [-0.2, 0) is 11.2 Å². The monoisotopic (exact) mass is 329 g/mol. The molecule has 108 valence electrons. The molecule has 0 aromatic heterocycles. The van der Waals surface area contributed by atoms with E-state index in [0.29, 0.717) is 13.2 Å². The molecule has 0 unspecified atom stereocenters. The Morgan fingerprint density at radius 3 is 2.68 bits per heavy atom. The number of hydrogen-bond donors (Lipinski definition) is 1. The van der Waals surface area contributed by atoms with Crippen LogP contribution in [0, 0.1) is 0 Å². The fraction of sp³-hybridized carbons (Fsp3) is 0.600. The SMILES string of the molecule is CNCCCCCc1ccc(OCCOC)c(Br)c1. The normalized spacial score (nSPS) is 10.7. The first kappa shape index (κ1) is 16.5. The van der Waals surface area contributed by atoms with Gasteiger partial charge in [0.1, 0.15) is 12.4 Å². The molecule has 3 nitrogen and oxygen atoms in total. The number of halogens is 1. The zero-order valence-electron chi connectivity index (χ0n) is 11.9. The molecule has 0 radical (unpaired) electrons. The van der Waals surface area contributed by atoms with E-state index in [9.17, 15) is 0 Å². The van der Waals surface area contributed by atoms with Crippen molar-refractivity contribution in [3.05, 3.63) is 28.2 Å². The van der Waals surface area contributed by atoms with Gasteiger partial charge in [-0.1, -0.05) is 12.5 Å². The summed E-state index contributed by atoms with van der Waals surface area (Å²) in [6.07, 6.45) is 4.87. The molecule has 1 N–H and O–H groups in total. The molecule has 0 heterocycles. The van der Waals surface area contributed by atoms with Gasteiger partial charge in [-0.3, -0.25) is 0 Å². The van der Waals surface area contributed by atoms with Gasteiger partial charge in [-0.15, -0.1) is 0 Å². The average Bonchev–Trinajstić information content (AvgIpc) is 2.41. The lowest BCUT2D eigenvalue weighted by atomic mass is 10.1. The van der Waals surface area contributed by atoms with Crippen LogP contribution in [-0.4, -0.2) is 33.9 Å². The van der Waals surface area contributed by atoms with Crippen molar-refractivity contribution >= 4 is 15.9 Å². The zero-order chi connectivity index (χ0) is 13.9. The number of ether oxygens (including phenoxy) is 2. The summed E-state index contributed by atoms with van der Waals surface area (Å²) in [7, 11) is 3.68. The van der Waals surface area contributed by atoms with Crippen LogP contribution in [0.25, 0.3) is 0 Å². The van der Waals surface area contributed by atoms with Crippen molar-refractivity contribution in [1.29, 1.82) is 0 Å². The Morgan fingerprint density at radius 1 is 1.16 bits per heavy atom. The highest BCUT2D eigenvalue weighted by Gasteiger charge is 2.03. The van der Waals surface area contributed by atoms with E-state index in [2.05, 4.69) is 33.4 Å². The Bertz CT molecular complexity index is 358. The second-order valence-corrected chi connectivity index (χ2v) is 5.37. The quantitative estimate of drug-likeness (QED) is 0.667. The van der Waals surface area contributed by atoms with E-state index in [4.69, 9.17) is 9.47 Å². The van der Waals surface area contributed by atoms with Crippen molar-refractivity contribution in [3.8, 4) is 5.75 Å². The fourth-order valence-electron chi connectivity index (χ4n) is 1.86. The van der Waals surface area contributed by atoms with Crippen LogP contribution in [0.15, 0.2) is 22.7 Å². The van der Waals surface area contributed by atoms with Gasteiger partial charge >= 0.3 is 0 Å². The van der Waals surface area contributed by atoms with Crippen molar-refractivity contribution in [2.45, 2.75) is 25.7 Å². The van der Waals surface area contributed by atoms with Gasteiger partial charge in [0.2, 0.25) is 0 Å². The highest BCUT2D eigenvalue weighted by Crippen LogP contribution is 2.26. The fourth-order valence-corrected chi connectivity index (χ4v) is 2.40. The van der Waals surface area contributed by atoms with Gasteiger partial charge in [0.15, 0.2) is 0 Å². The molecule has 4 heteroatoms. The number of rotatable bonds is 10. The first-order valence-electron chi connectivity index (χ1n) is 6.82. The van der Waals surface area contributed by atoms with Crippen molar-refractivity contribution in [2.75, 3.05) is 33.9 Å². The van der Waals surface area contributed by atoms with Gasteiger partial charge in [0, 0.05) is 7.11 Å². The van der Waals surface area contributed by atoms with Crippen LogP contribution >= 0.6 is 15.9 Å². The third-order valence-corrected chi connectivity index (χ3v) is 3.55. The van der Waals surface area contributed by atoms with E-state index in [0.717, 1.165) is 23.2 Å². The van der Waals surface area contributed by atoms with Gasteiger partial charge < -0.3 is 14.8 Å². The maximum Gasteiger partial charge on any atom is 0.133 e. The van der Waals surface area contributed by atoms with Crippen molar-refractivity contribution < 1.29 is 9.47 Å². The van der Waals surface area contributed by atoms with E-state index in [1.165, 1.54) is 24.8 Å². The minimum Gasteiger partial charge on any atom is -0.490 e. The molecule has 0 aliphatic rings. The van der Waals surface area contributed by atoms with Crippen molar-refractivity contribution in [1.82, 2.24) is 5.32 Å². The minimum atomic E-state index is 0.582. The van der Waals surface area contributed by atoms with E-state index in [1.54, 1.807) is 7.11 Å². The summed E-state index contributed by atoms with van der Waals surface area (Å²) >= 11 is 3.56. The van der Waals surface area contributed by atoms with Gasteiger partial charge in [-0.2, -0.15) is 0 Å². The standard InChI is InChI=1S/C15H24BrNO2/c1-17-9-5-3-4-6-13-7-8-15(14(16)12-13)19-11-10-18-2/h7-8,12,17H,3-6,9-11H2,1-2H3. The molecule has 0 aliphatic heterocycles. The van der Waals surface area contributed by atoms with Crippen LogP contribution < -0.4 is 10.1 Å². The first-order chi connectivity index (χ1) is 9.27. The Hall–Kier alpha value is -0.580. The van der Waals surface area contributed by atoms with Gasteiger partial charge in [-0.05, 0) is 66.5 Å². The summed E-state index contributed by atoms with van der Waals surface area (Å²) < 4.78 is 11.6. The molecule has 0 spiro atoms. The number of aryl methyl sites for hydroxylation is 1. The maximum atomic E-state index is 5.61. The topological polar surface area (TPSA) is 30.5 Å². The largest absolute Gasteiger partial charge is 0.490 e. The highest BCUT2D eigenvalue weighted by molar-refractivity contribution is 9.10. The van der Waals surface area contributed by atoms with Crippen molar-refractivity contribution in [3.63, 3.8) is 0 Å². The average molecular weight is 330 g/mol. The van der Waals surface area contributed by atoms with E-state index in [1.807, 2.05) is 13.1 Å². The van der Waals surface area contributed by atoms with Crippen LogP contribution in [0.1, 0.15) is 24.8 Å². The van der Waals surface area contributed by atoms with Crippen LogP contribution in [0.4, 0.5) is 0 Å². The van der Waals surface area contributed by atoms with Crippen molar-refractivity contribution in [2.24, 2.45) is 0 Å². The van der Waals surface area contributed by atoms with Crippen LogP contribution in [0.2, 0.25) is 0 Å². The Balaban J connectivity index is 2.34. The third-order valence-electron chi connectivity index (χ3n) is 2.93. The Kier molecular flexibility index (Phi) is 8.88. The molecular formula is C15H24BrNO2. The summed E-state index contributed by atoms with van der Waals surface area (Å²) in [5, 5.41) is 3.17. The van der Waals surface area contributed by atoms with E-state index < -0.39 is 0 Å². The molecule has 0 amide bonds. The number of methoxy groups -OCH3 is 1. The maximum absolute atomic E-state index is 5.61. The lowest BCUT2D eigenvalue weighted by molar-refractivity contribution is 0.146. The Morgan fingerprint density at radius 2 is 2.00 bits per heavy atom. The predicted molar refractivity (Wildman–Crippen MR) is 83.0 cm³/mol. The van der Waals surface area contributed by atoms with Gasteiger partial charge in [0.05, 0.1) is 11.1 Å². The minimum absolute atomic E-state index is 0.582. The van der Waals surface area contributed by atoms with E-state index >= 15 is 0 Å². The smallest absolute Gasteiger partial charge is 0.133 e. The molecule has 0 fully saturated rings. The highest BCUT2D eigenvalue weighted by atomic mass is 79.9. The number of nitrogens with one attached hydrogen (secondary N) is 1. The zero-order valence-corrected chi connectivity index (χ0v) is 13.5. The number of unbranched alkanes of at least 4 members (excludes halogenated alkanes) is 2. The molecule has 1 rings (SSSR count). The van der Waals surface area contributed by atoms with E-state index in [-0.39, 0.29) is 0 Å². The summed E-state index contributed by atoms with van der Waals surface area (Å²) in [4.78, 5) is 0. The van der Waals surface area contributed by atoms with Gasteiger partial charge in [0.25, 0.3) is 0 Å². The first-order valence-corrected chi connectivity index (χ1v) is 7.62. The van der Waals surface area contributed by atoms with Gasteiger partial charge in [-0.25, -0.2) is 0 Å². The number of benzene rings is 1. The summed E-state index contributed by atoms with van der Waals surface area (Å²) in [6, 6.07) is 6.33. The lowest BCUT2D eigenvalue weighted by Crippen LogP contribution is -2.07. The Labute approximate surface area is 124 Å². The molecule has 1 aromatic rings. The summed E-state index contributed by atoms with van der Waals surface area (Å²) in [6.45, 7) is 2.30. The molecule has 0 atom stereocenters. The van der Waals surface area contributed by atoms with Crippen LogP contribution in [0.5, 0.6) is 5.75 Å².